The van der Waals surface area contributed by atoms with Crippen LogP contribution in [0.2, 0.25) is 0 Å². The fourth-order valence-corrected chi connectivity index (χ4v) is 1.89. The quantitative estimate of drug-likeness (QED) is 0.746. The average Bonchev–Trinajstić information content (AvgIpc) is 2.83. The van der Waals surface area contributed by atoms with Crippen molar-refractivity contribution in [2.24, 2.45) is 0 Å². The molecule has 2 aromatic rings. The number of hydrogen-bond donors (Lipinski definition) is 0. The molecule has 0 radical (unpaired) electrons. The van der Waals surface area contributed by atoms with Crippen LogP contribution in [0.1, 0.15) is 11.6 Å². The Balaban J connectivity index is 1.54. The Morgan fingerprint density at radius 2 is 2.40 bits per heavy atom. The van der Waals surface area contributed by atoms with Crippen molar-refractivity contribution in [1.29, 1.82) is 0 Å². The molecule has 5 nitrogen and oxygen atoms in total. The van der Waals surface area contributed by atoms with Gasteiger partial charge in [-0.25, -0.2) is 4.68 Å². The summed E-state index contributed by atoms with van der Waals surface area (Å²) in [5, 5.41) is 7.80. The van der Waals surface area contributed by atoms with Crippen LogP contribution in [-0.4, -0.2) is 33.0 Å². The molecule has 1 fully saturated rings. The molecule has 0 bridgehead atoms. The first kappa shape index (κ1) is 8.67. The lowest BCUT2D eigenvalue weighted by atomic mass is 10.1. The average molecular weight is 204 g/mol. The largest absolute Gasteiger partial charge is 0.472 e. The van der Waals surface area contributed by atoms with Crippen molar-refractivity contribution >= 4 is 0 Å². The predicted molar refractivity (Wildman–Crippen MR) is 53.0 cm³/mol. The van der Waals surface area contributed by atoms with Crippen LogP contribution in [-0.2, 0) is 6.54 Å². The van der Waals surface area contributed by atoms with E-state index in [1.165, 1.54) is 5.56 Å². The zero-order valence-corrected chi connectivity index (χ0v) is 8.28. The van der Waals surface area contributed by atoms with E-state index >= 15 is 0 Å². The minimum absolute atomic E-state index is 0.486. The molecule has 2 aromatic heterocycles. The Morgan fingerprint density at radius 3 is 3.07 bits per heavy atom. The number of hydrogen-bond acceptors (Lipinski definition) is 4. The smallest absolute Gasteiger partial charge is 0.0947 e. The highest BCUT2D eigenvalue weighted by Gasteiger charge is 2.28. The molecule has 1 aliphatic heterocycles. The van der Waals surface area contributed by atoms with E-state index in [-0.39, 0.29) is 0 Å². The van der Waals surface area contributed by atoms with E-state index in [0.29, 0.717) is 6.04 Å². The second-order valence-electron chi connectivity index (χ2n) is 3.86. The highest BCUT2D eigenvalue weighted by molar-refractivity contribution is 5.06. The van der Waals surface area contributed by atoms with Gasteiger partial charge in [0.15, 0.2) is 0 Å². The molecule has 15 heavy (non-hydrogen) atoms. The number of nitrogens with zero attached hydrogens (tertiary/aromatic N) is 4. The van der Waals surface area contributed by atoms with Crippen molar-refractivity contribution < 1.29 is 4.42 Å². The highest BCUT2D eigenvalue weighted by Crippen LogP contribution is 2.21. The van der Waals surface area contributed by atoms with Gasteiger partial charge in [-0.05, 0) is 6.07 Å². The lowest BCUT2D eigenvalue weighted by molar-refractivity contribution is 0.0894. The van der Waals surface area contributed by atoms with Crippen LogP contribution in [0.3, 0.4) is 0 Å². The van der Waals surface area contributed by atoms with Gasteiger partial charge in [-0.15, -0.1) is 5.10 Å². The number of aromatic nitrogens is 3. The zero-order chi connectivity index (χ0) is 10.1. The number of rotatable bonds is 3. The van der Waals surface area contributed by atoms with Gasteiger partial charge in [-0.1, -0.05) is 5.21 Å². The molecular formula is C10H12N4O. The maximum Gasteiger partial charge on any atom is 0.0947 e. The first-order valence-electron chi connectivity index (χ1n) is 5.01. The molecule has 1 saturated heterocycles. The Labute approximate surface area is 87.3 Å². The van der Waals surface area contributed by atoms with E-state index in [0.717, 1.165) is 19.6 Å². The van der Waals surface area contributed by atoms with E-state index in [1.807, 2.05) is 16.9 Å². The molecule has 0 aromatic carbocycles. The minimum Gasteiger partial charge on any atom is -0.472 e. The van der Waals surface area contributed by atoms with Gasteiger partial charge in [-0.2, -0.15) is 0 Å². The second kappa shape index (κ2) is 3.51. The third kappa shape index (κ3) is 1.66. The van der Waals surface area contributed by atoms with Gasteiger partial charge >= 0.3 is 0 Å². The summed E-state index contributed by atoms with van der Waals surface area (Å²) < 4.78 is 6.95. The third-order valence-corrected chi connectivity index (χ3v) is 2.74. The fraction of sp³-hybridized carbons (Fsp3) is 0.400. The molecule has 5 heteroatoms. The molecule has 0 spiro atoms. The van der Waals surface area contributed by atoms with Crippen molar-refractivity contribution in [3.8, 4) is 0 Å². The van der Waals surface area contributed by atoms with E-state index in [2.05, 4.69) is 15.2 Å². The Morgan fingerprint density at radius 1 is 1.47 bits per heavy atom. The Hall–Kier alpha value is -1.62. The SMILES string of the molecule is c1cn(C2CN(Cc3ccoc3)C2)nn1. The van der Waals surface area contributed by atoms with Crippen LogP contribution in [0.15, 0.2) is 35.4 Å². The van der Waals surface area contributed by atoms with E-state index in [1.54, 1.807) is 18.7 Å². The molecule has 0 aliphatic carbocycles. The van der Waals surface area contributed by atoms with Crippen LogP contribution >= 0.6 is 0 Å². The summed E-state index contributed by atoms with van der Waals surface area (Å²) in [5.41, 5.74) is 1.23. The van der Waals surface area contributed by atoms with Crippen LogP contribution in [0.5, 0.6) is 0 Å². The van der Waals surface area contributed by atoms with Crippen molar-refractivity contribution in [3.05, 3.63) is 36.5 Å². The van der Waals surface area contributed by atoms with Crippen LogP contribution in [0.4, 0.5) is 0 Å². The summed E-state index contributed by atoms with van der Waals surface area (Å²) in [6, 6.07) is 2.49. The van der Waals surface area contributed by atoms with Crippen LogP contribution in [0, 0.1) is 0 Å². The molecule has 3 heterocycles. The zero-order valence-electron chi connectivity index (χ0n) is 8.28. The molecule has 0 amide bonds. The topological polar surface area (TPSA) is 47.1 Å². The Kier molecular flexibility index (Phi) is 2.03. The van der Waals surface area contributed by atoms with Gasteiger partial charge in [0.2, 0.25) is 0 Å². The maximum atomic E-state index is 5.03. The van der Waals surface area contributed by atoms with Gasteiger partial charge in [-0.3, -0.25) is 4.90 Å². The molecular weight excluding hydrogens is 192 g/mol. The molecule has 1 aliphatic rings. The second-order valence-corrected chi connectivity index (χ2v) is 3.86. The summed E-state index contributed by atoms with van der Waals surface area (Å²) in [6.45, 7) is 3.03. The molecule has 0 unspecified atom stereocenters. The predicted octanol–water partition coefficient (Wildman–Crippen LogP) is 0.928. The summed E-state index contributed by atoms with van der Waals surface area (Å²) in [5.74, 6) is 0. The van der Waals surface area contributed by atoms with Gasteiger partial charge in [0.25, 0.3) is 0 Å². The number of furan rings is 1. The summed E-state index contributed by atoms with van der Waals surface area (Å²) in [7, 11) is 0. The van der Waals surface area contributed by atoms with E-state index in [9.17, 15) is 0 Å². The summed E-state index contributed by atoms with van der Waals surface area (Å²) >= 11 is 0. The minimum atomic E-state index is 0.486. The first-order valence-corrected chi connectivity index (χ1v) is 5.01. The van der Waals surface area contributed by atoms with Gasteiger partial charge in [0.1, 0.15) is 0 Å². The van der Waals surface area contributed by atoms with E-state index < -0.39 is 0 Å². The highest BCUT2D eigenvalue weighted by atomic mass is 16.3. The van der Waals surface area contributed by atoms with Crippen molar-refractivity contribution in [3.63, 3.8) is 0 Å². The first-order chi connectivity index (χ1) is 7.42. The number of likely N-dealkylation sites (tertiary alicyclic amines) is 1. The van der Waals surface area contributed by atoms with Crippen molar-refractivity contribution in [1.82, 2.24) is 19.9 Å². The van der Waals surface area contributed by atoms with Crippen molar-refractivity contribution in [2.75, 3.05) is 13.1 Å². The third-order valence-electron chi connectivity index (χ3n) is 2.74. The maximum absolute atomic E-state index is 5.03. The molecule has 78 valence electrons. The van der Waals surface area contributed by atoms with Gasteiger partial charge < -0.3 is 4.42 Å². The van der Waals surface area contributed by atoms with Gasteiger partial charge in [0, 0.05) is 31.4 Å². The standard InChI is InChI=1S/C10H12N4O/c1-4-15-8-9(1)5-13-6-10(7-13)14-3-2-11-12-14/h1-4,8,10H,5-7H2. The van der Waals surface area contributed by atoms with Crippen molar-refractivity contribution in [2.45, 2.75) is 12.6 Å². The molecule has 0 N–H and O–H groups in total. The lowest BCUT2D eigenvalue weighted by Crippen LogP contribution is -2.47. The molecule has 3 rings (SSSR count). The molecule has 0 atom stereocenters. The van der Waals surface area contributed by atoms with E-state index in [4.69, 9.17) is 4.42 Å². The monoisotopic (exact) mass is 204 g/mol. The lowest BCUT2D eigenvalue weighted by Gasteiger charge is -2.38. The summed E-state index contributed by atoms with van der Waals surface area (Å²) in [6.07, 6.45) is 7.14. The van der Waals surface area contributed by atoms with Crippen LogP contribution in [0.25, 0.3) is 0 Å². The van der Waals surface area contributed by atoms with Crippen LogP contribution < -0.4 is 0 Å². The van der Waals surface area contributed by atoms with Gasteiger partial charge in [0.05, 0.1) is 24.8 Å². The normalized spacial score (nSPS) is 17.9. The molecule has 0 saturated carbocycles. The Bertz CT molecular complexity index is 403. The fourth-order valence-electron chi connectivity index (χ4n) is 1.89. The summed E-state index contributed by atoms with van der Waals surface area (Å²) in [4.78, 5) is 2.36.